The molecular formula is C15H18FN3O3S. The largest absolute Gasteiger partial charge is 0.351 e. The molecule has 0 spiro atoms. The predicted molar refractivity (Wildman–Crippen MR) is 85.2 cm³/mol. The number of piperidine rings is 1. The number of H-pyrrole nitrogens is 1. The Morgan fingerprint density at radius 1 is 1.30 bits per heavy atom. The SMILES string of the molecule is CNS(=O)(=O)C1CCN(C(=O)c2cc3cc(F)ccc3[nH]2)CC1. The zero-order valence-corrected chi connectivity index (χ0v) is 13.5. The van der Waals surface area contributed by atoms with Gasteiger partial charge in [0, 0.05) is 24.0 Å². The highest BCUT2D eigenvalue weighted by Crippen LogP contribution is 2.21. The molecule has 8 heteroatoms. The highest BCUT2D eigenvalue weighted by atomic mass is 32.2. The summed E-state index contributed by atoms with van der Waals surface area (Å²) >= 11 is 0. The smallest absolute Gasteiger partial charge is 0.270 e. The molecule has 0 aliphatic carbocycles. The van der Waals surface area contributed by atoms with Gasteiger partial charge in [-0.15, -0.1) is 0 Å². The van der Waals surface area contributed by atoms with Gasteiger partial charge in [0.15, 0.2) is 0 Å². The van der Waals surface area contributed by atoms with Gasteiger partial charge in [-0.1, -0.05) is 0 Å². The van der Waals surface area contributed by atoms with Crippen LogP contribution in [0, 0.1) is 5.82 Å². The van der Waals surface area contributed by atoms with Crippen molar-refractivity contribution in [2.24, 2.45) is 0 Å². The van der Waals surface area contributed by atoms with Crippen molar-refractivity contribution in [3.8, 4) is 0 Å². The van der Waals surface area contributed by atoms with E-state index in [2.05, 4.69) is 9.71 Å². The Morgan fingerprint density at radius 3 is 2.65 bits per heavy atom. The average Bonchev–Trinajstić information content (AvgIpc) is 2.97. The zero-order valence-electron chi connectivity index (χ0n) is 12.7. The summed E-state index contributed by atoms with van der Waals surface area (Å²) in [7, 11) is -1.90. The molecule has 2 heterocycles. The number of amides is 1. The lowest BCUT2D eigenvalue weighted by Gasteiger charge is -2.31. The van der Waals surface area contributed by atoms with E-state index < -0.39 is 15.3 Å². The highest BCUT2D eigenvalue weighted by Gasteiger charge is 2.31. The van der Waals surface area contributed by atoms with E-state index in [0.29, 0.717) is 42.5 Å². The van der Waals surface area contributed by atoms with Gasteiger partial charge in [0.05, 0.1) is 5.25 Å². The third-order valence-electron chi connectivity index (χ3n) is 4.27. The molecule has 3 rings (SSSR count). The predicted octanol–water partition coefficient (Wildman–Crippen LogP) is 1.46. The normalized spacial score (nSPS) is 16.9. The molecule has 2 aromatic rings. The maximum Gasteiger partial charge on any atom is 0.270 e. The van der Waals surface area contributed by atoms with Crippen molar-refractivity contribution >= 4 is 26.8 Å². The molecule has 6 nitrogen and oxygen atoms in total. The van der Waals surface area contributed by atoms with Crippen LogP contribution in [0.25, 0.3) is 10.9 Å². The first-order valence-electron chi connectivity index (χ1n) is 7.40. The first kappa shape index (κ1) is 15.9. The minimum absolute atomic E-state index is 0.193. The van der Waals surface area contributed by atoms with E-state index in [1.807, 2.05) is 0 Å². The monoisotopic (exact) mass is 339 g/mol. The van der Waals surface area contributed by atoms with Crippen molar-refractivity contribution in [3.63, 3.8) is 0 Å². The Labute approximate surface area is 133 Å². The fourth-order valence-corrected chi connectivity index (χ4v) is 4.09. The second kappa shape index (κ2) is 5.93. The van der Waals surface area contributed by atoms with Crippen LogP contribution in [0.5, 0.6) is 0 Å². The Kier molecular flexibility index (Phi) is 4.11. The summed E-state index contributed by atoms with van der Waals surface area (Å²) in [6.07, 6.45) is 0.813. The second-order valence-corrected chi connectivity index (χ2v) is 7.82. The molecule has 2 N–H and O–H groups in total. The molecule has 1 aliphatic heterocycles. The van der Waals surface area contributed by atoms with Crippen molar-refractivity contribution in [2.75, 3.05) is 20.1 Å². The lowest BCUT2D eigenvalue weighted by molar-refractivity contribution is 0.0720. The molecule has 0 unspecified atom stereocenters. The molecular weight excluding hydrogens is 321 g/mol. The van der Waals surface area contributed by atoms with Crippen molar-refractivity contribution in [1.82, 2.24) is 14.6 Å². The van der Waals surface area contributed by atoms with Crippen molar-refractivity contribution in [3.05, 3.63) is 35.8 Å². The van der Waals surface area contributed by atoms with E-state index in [-0.39, 0.29) is 11.7 Å². The Hall–Kier alpha value is -1.93. The first-order chi connectivity index (χ1) is 10.9. The number of halogens is 1. The van der Waals surface area contributed by atoms with Gasteiger partial charge >= 0.3 is 0 Å². The van der Waals surface area contributed by atoms with Gasteiger partial charge in [-0.25, -0.2) is 17.5 Å². The fourth-order valence-electron chi connectivity index (χ4n) is 2.92. The van der Waals surface area contributed by atoms with Crippen molar-refractivity contribution in [1.29, 1.82) is 0 Å². The number of rotatable bonds is 3. The molecule has 0 radical (unpaired) electrons. The van der Waals surface area contributed by atoms with Crippen LogP contribution >= 0.6 is 0 Å². The van der Waals surface area contributed by atoms with Crippen LogP contribution in [0.3, 0.4) is 0 Å². The van der Waals surface area contributed by atoms with E-state index in [0.717, 1.165) is 0 Å². The molecule has 1 aromatic heterocycles. The third-order valence-corrected chi connectivity index (χ3v) is 6.18. The van der Waals surface area contributed by atoms with Gasteiger partial charge in [0.25, 0.3) is 5.91 Å². The first-order valence-corrected chi connectivity index (χ1v) is 8.95. The summed E-state index contributed by atoms with van der Waals surface area (Å²) in [5.41, 5.74) is 1.09. The summed E-state index contributed by atoms with van der Waals surface area (Å²) in [5.74, 6) is -0.546. The molecule has 23 heavy (non-hydrogen) atoms. The number of fused-ring (bicyclic) bond motifs is 1. The molecule has 0 atom stereocenters. The van der Waals surface area contributed by atoms with Gasteiger partial charge in [0.2, 0.25) is 10.0 Å². The van der Waals surface area contributed by atoms with Gasteiger partial charge in [-0.3, -0.25) is 4.79 Å². The summed E-state index contributed by atoms with van der Waals surface area (Å²) in [6.45, 7) is 0.766. The van der Waals surface area contributed by atoms with Crippen LogP contribution in [0.4, 0.5) is 4.39 Å². The number of likely N-dealkylation sites (tertiary alicyclic amines) is 1. The number of carbonyl (C=O) groups excluding carboxylic acids is 1. The number of benzene rings is 1. The van der Waals surface area contributed by atoms with Crippen LogP contribution in [0.2, 0.25) is 0 Å². The highest BCUT2D eigenvalue weighted by molar-refractivity contribution is 7.90. The fraction of sp³-hybridized carbons (Fsp3) is 0.400. The van der Waals surface area contributed by atoms with Crippen LogP contribution in [0.15, 0.2) is 24.3 Å². The number of nitrogens with one attached hydrogen (secondary N) is 2. The lowest BCUT2D eigenvalue weighted by Crippen LogP contribution is -2.44. The molecule has 0 saturated carbocycles. The number of aromatic amines is 1. The van der Waals surface area contributed by atoms with E-state index in [4.69, 9.17) is 0 Å². The van der Waals surface area contributed by atoms with E-state index >= 15 is 0 Å². The van der Waals surface area contributed by atoms with Crippen LogP contribution in [-0.2, 0) is 10.0 Å². The molecule has 1 fully saturated rings. The average molecular weight is 339 g/mol. The van der Waals surface area contributed by atoms with Crippen molar-refractivity contribution in [2.45, 2.75) is 18.1 Å². The molecule has 0 bridgehead atoms. The van der Waals surface area contributed by atoms with Crippen LogP contribution in [0.1, 0.15) is 23.3 Å². The molecule has 1 aromatic carbocycles. The summed E-state index contributed by atoms with van der Waals surface area (Å²) < 4.78 is 39.1. The van der Waals surface area contributed by atoms with Gasteiger partial charge in [-0.2, -0.15) is 0 Å². The minimum atomic E-state index is -3.30. The molecule has 1 saturated heterocycles. The second-order valence-electron chi connectivity index (χ2n) is 5.66. The molecule has 1 aliphatic rings. The summed E-state index contributed by atoms with van der Waals surface area (Å²) in [5, 5.41) is 0.175. The maximum atomic E-state index is 13.2. The number of nitrogens with zero attached hydrogens (tertiary/aromatic N) is 1. The number of hydrogen-bond acceptors (Lipinski definition) is 3. The number of sulfonamides is 1. The molecule has 1 amide bonds. The standard InChI is InChI=1S/C15H18FN3O3S/c1-17-23(21,22)12-4-6-19(7-5-12)15(20)14-9-10-8-11(16)2-3-13(10)18-14/h2-3,8-9,12,17-18H,4-7H2,1H3. The quantitative estimate of drug-likeness (QED) is 0.888. The van der Waals surface area contributed by atoms with Gasteiger partial charge in [0.1, 0.15) is 11.5 Å². The Bertz CT molecular complexity index is 839. The number of aromatic nitrogens is 1. The summed E-state index contributed by atoms with van der Waals surface area (Å²) in [4.78, 5) is 17.1. The van der Waals surface area contributed by atoms with E-state index in [1.54, 1.807) is 17.0 Å². The van der Waals surface area contributed by atoms with Crippen molar-refractivity contribution < 1.29 is 17.6 Å². The summed E-state index contributed by atoms with van der Waals surface area (Å²) in [6, 6.07) is 5.92. The van der Waals surface area contributed by atoms with Crippen LogP contribution < -0.4 is 4.72 Å². The van der Waals surface area contributed by atoms with Gasteiger partial charge < -0.3 is 9.88 Å². The van der Waals surface area contributed by atoms with E-state index in [9.17, 15) is 17.6 Å². The maximum absolute atomic E-state index is 13.2. The van der Waals surface area contributed by atoms with E-state index in [1.165, 1.54) is 19.2 Å². The third kappa shape index (κ3) is 3.09. The molecule has 124 valence electrons. The minimum Gasteiger partial charge on any atom is -0.351 e. The number of carbonyl (C=O) groups is 1. The topological polar surface area (TPSA) is 82.3 Å². The number of hydrogen-bond donors (Lipinski definition) is 2. The Balaban J connectivity index is 1.74. The van der Waals surface area contributed by atoms with Gasteiger partial charge in [-0.05, 0) is 44.2 Å². The zero-order chi connectivity index (χ0) is 16.6. The Morgan fingerprint density at radius 2 is 2.00 bits per heavy atom. The van der Waals surface area contributed by atoms with Crippen LogP contribution in [-0.4, -0.2) is 49.6 Å². The lowest BCUT2D eigenvalue weighted by atomic mass is 10.1.